The fourth-order valence-electron chi connectivity index (χ4n) is 2.57. The van der Waals surface area contributed by atoms with E-state index in [1.54, 1.807) is 7.05 Å². The van der Waals surface area contributed by atoms with Gasteiger partial charge in [0, 0.05) is 38.4 Å². The zero-order valence-corrected chi connectivity index (χ0v) is 16.1. The molecule has 0 saturated heterocycles. The number of ether oxygens (including phenoxy) is 2. The number of rotatable bonds is 5. The number of nitrogens with one attached hydrogen (secondary N) is 2. The molecule has 0 radical (unpaired) electrons. The largest absolute Gasteiger partial charge is 0.490 e. The fourth-order valence-corrected chi connectivity index (χ4v) is 3.37. The van der Waals surface area contributed by atoms with Crippen LogP contribution in [0.15, 0.2) is 28.6 Å². The van der Waals surface area contributed by atoms with Gasteiger partial charge in [0.15, 0.2) is 23.2 Å². The third kappa shape index (κ3) is 5.51. The zero-order chi connectivity index (χ0) is 20.0. The first kappa shape index (κ1) is 20.2. The van der Waals surface area contributed by atoms with Crippen LogP contribution in [0, 0.1) is 0 Å². The number of aromatic nitrogens is 1. The minimum atomic E-state index is -4.40. The maximum atomic E-state index is 12.6. The van der Waals surface area contributed by atoms with Crippen LogP contribution in [0.5, 0.6) is 11.5 Å². The molecule has 0 bridgehead atoms. The number of hydrogen-bond donors (Lipinski definition) is 2. The average Bonchev–Trinajstić information content (AvgIpc) is 3.03. The van der Waals surface area contributed by atoms with Crippen molar-refractivity contribution < 1.29 is 22.6 Å². The molecule has 1 aliphatic heterocycles. The molecule has 1 aliphatic rings. The van der Waals surface area contributed by atoms with Gasteiger partial charge in [-0.1, -0.05) is 6.07 Å². The smallest absolute Gasteiger partial charge is 0.434 e. The molecule has 28 heavy (non-hydrogen) atoms. The van der Waals surface area contributed by atoms with Gasteiger partial charge in [0.1, 0.15) is 0 Å². The summed E-state index contributed by atoms with van der Waals surface area (Å²) in [7, 11) is 1.63. The van der Waals surface area contributed by atoms with E-state index >= 15 is 0 Å². The van der Waals surface area contributed by atoms with Crippen molar-refractivity contribution in [1.82, 2.24) is 15.6 Å². The highest BCUT2D eigenvalue weighted by molar-refractivity contribution is 7.09. The lowest BCUT2D eigenvalue weighted by molar-refractivity contribution is -0.140. The van der Waals surface area contributed by atoms with Gasteiger partial charge in [0.05, 0.1) is 18.2 Å². The van der Waals surface area contributed by atoms with Crippen molar-refractivity contribution in [2.45, 2.75) is 25.6 Å². The number of nitrogens with zero attached hydrogens (tertiary/aromatic N) is 2. The lowest BCUT2D eigenvalue weighted by Gasteiger charge is -2.13. The van der Waals surface area contributed by atoms with E-state index < -0.39 is 11.9 Å². The van der Waals surface area contributed by atoms with Crippen molar-refractivity contribution in [1.29, 1.82) is 0 Å². The van der Waals surface area contributed by atoms with Gasteiger partial charge in [-0.05, 0) is 17.7 Å². The van der Waals surface area contributed by atoms with Crippen molar-refractivity contribution in [3.05, 3.63) is 39.8 Å². The normalized spacial score (nSPS) is 14.5. The van der Waals surface area contributed by atoms with Gasteiger partial charge >= 0.3 is 6.18 Å². The minimum Gasteiger partial charge on any atom is -0.490 e. The first-order valence-corrected chi connectivity index (χ1v) is 9.68. The third-order valence-electron chi connectivity index (χ3n) is 3.97. The van der Waals surface area contributed by atoms with Gasteiger partial charge in [-0.25, -0.2) is 4.98 Å². The Hall–Kier alpha value is -2.49. The van der Waals surface area contributed by atoms with Crippen molar-refractivity contribution >= 4 is 17.3 Å². The zero-order valence-electron chi connectivity index (χ0n) is 15.3. The third-order valence-corrected chi connectivity index (χ3v) is 4.88. The summed E-state index contributed by atoms with van der Waals surface area (Å²) in [5.41, 5.74) is 0.159. The molecular weight excluding hydrogens is 393 g/mol. The molecule has 0 saturated carbocycles. The summed E-state index contributed by atoms with van der Waals surface area (Å²) in [6.45, 7) is 2.21. The van der Waals surface area contributed by atoms with Crippen LogP contribution < -0.4 is 20.1 Å². The van der Waals surface area contributed by atoms with Crippen molar-refractivity contribution in [2.24, 2.45) is 4.99 Å². The van der Waals surface area contributed by atoms with E-state index in [0.717, 1.165) is 40.2 Å². The van der Waals surface area contributed by atoms with E-state index in [0.29, 0.717) is 43.7 Å². The van der Waals surface area contributed by atoms with Gasteiger partial charge in [0.2, 0.25) is 0 Å². The molecule has 6 nitrogen and oxygen atoms in total. The highest BCUT2D eigenvalue weighted by Gasteiger charge is 2.33. The van der Waals surface area contributed by atoms with Crippen LogP contribution in [0.3, 0.4) is 0 Å². The van der Waals surface area contributed by atoms with Crippen LogP contribution >= 0.6 is 11.3 Å². The Morgan fingerprint density at radius 3 is 2.71 bits per heavy atom. The Morgan fingerprint density at radius 1 is 1.21 bits per heavy atom. The maximum absolute atomic E-state index is 12.6. The number of guanidine groups is 1. The molecule has 0 aliphatic carbocycles. The predicted octanol–water partition coefficient (Wildman–Crippen LogP) is 3.23. The monoisotopic (exact) mass is 414 g/mol. The molecule has 1 aromatic heterocycles. The number of thiazole rings is 1. The van der Waals surface area contributed by atoms with Crippen LogP contribution in [0.1, 0.15) is 22.7 Å². The summed E-state index contributed by atoms with van der Waals surface area (Å²) in [6.07, 6.45) is -3.17. The van der Waals surface area contributed by atoms with Crippen LogP contribution in [0.25, 0.3) is 0 Å². The summed E-state index contributed by atoms with van der Waals surface area (Å²) in [5.74, 6) is 2.02. The number of aliphatic imine (C=N–C) groups is 1. The summed E-state index contributed by atoms with van der Waals surface area (Å²) in [4.78, 5) is 7.74. The predicted molar refractivity (Wildman–Crippen MR) is 101 cm³/mol. The van der Waals surface area contributed by atoms with Crippen molar-refractivity contribution in [2.75, 3.05) is 26.8 Å². The highest BCUT2D eigenvalue weighted by atomic mass is 32.1. The van der Waals surface area contributed by atoms with E-state index in [1.165, 1.54) is 0 Å². The Kier molecular flexibility index (Phi) is 6.61. The number of benzene rings is 1. The Balaban J connectivity index is 1.47. The summed E-state index contributed by atoms with van der Waals surface area (Å²) in [6, 6.07) is 5.76. The molecular formula is C18H21F3N4O2S. The van der Waals surface area contributed by atoms with Gasteiger partial charge in [-0.3, -0.25) is 4.99 Å². The molecule has 10 heteroatoms. The van der Waals surface area contributed by atoms with Crippen LogP contribution in [-0.4, -0.2) is 37.7 Å². The van der Waals surface area contributed by atoms with Crippen molar-refractivity contribution in [3.63, 3.8) is 0 Å². The average molecular weight is 414 g/mol. The number of halogens is 3. The van der Waals surface area contributed by atoms with Gasteiger partial charge in [-0.15, -0.1) is 11.3 Å². The lowest BCUT2D eigenvalue weighted by Crippen LogP contribution is -2.37. The second-order valence-corrected chi connectivity index (χ2v) is 7.00. The Labute approximate surface area is 164 Å². The molecule has 3 rings (SSSR count). The van der Waals surface area contributed by atoms with E-state index in [9.17, 15) is 13.2 Å². The van der Waals surface area contributed by atoms with Gasteiger partial charge in [0.25, 0.3) is 0 Å². The second-order valence-electron chi connectivity index (χ2n) is 6.06. The van der Waals surface area contributed by atoms with Crippen LogP contribution in [0.4, 0.5) is 13.2 Å². The standard InChI is InChI=1S/C18H21F3N4O2S/c1-22-17(23-6-5-16-25-15(11-28-16)18(19,20)21)24-10-12-3-4-13-14(9-12)27-8-2-7-26-13/h3-4,9,11H,2,5-8,10H2,1H3,(H2,22,23,24). The van der Waals surface area contributed by atoms with E-state index in [2.05, 4.69) is 20.6 Å². The molecule has 0 unspecified atom stereocenters. The number of alkyl halides is 3. The maximum Gasteiger partial charge on any atom is 0.434 e. The number of fused-ring (bicyclic) bond motifs is 1. The van der Waals surface area contributed by atoms with Gasteiger partial charge in [-0.2, -0.15) is 13.2 Å². The molecule has 0 amide bonds. The lowest BCUT2D eigenvalue weighted by atomic mass is 10.2. The van der Waals surface area contributed by atoms with E-state index in [1.807, 2.05) is 18.2 Å². The first-order chi connectivity index (χ1) is 13.5. The van der Waals surface area contributed by atoms with E-state index in [-0.39, 0.29) is 0 Å². The summed E-state index contributed by atoms with van der Waals surface area (Å²) >= 11 is 1.00. The SMILES string of the molecule is CN=C(NCCc1nc(C(F)(F)F)cs1)NCc1ccc2c(c1)OCCCO2. The fraction of sp³-hybridized carbons (Fsp3) is 0.444. The Morgan fingerprint density at radius 2 is 2.00 bits per heavy atom. The topological polar surface area (TPSA) is 67.8 Å². The van der Waals surface area contributed by atoms with Crippen LogP contribution in [0.2, 0.25) is 0 Å². The summed E-state index contributed by atoms with van der Waals surface area (Å²) < 4.78 is 49.0. The van der Waals surface area contributed by atoms with Crippen LogP contribution in [-0.2, 0) is 19.1 Å². The Bertz CT molecular complexity index is 823. The van der Waals surface area contributed by atoms with Crippen molar-refractivity contribution in [3.8, 4) is 11.5 Å². The molecule has 2 N–H and O–H groups in total. The number of hydrogen-bond acceptors (Lipinski definition) is 5. The minimum absolute atomic E-state index is 0.380. The quantitative estimate of drug-likeness (QED) is 0.581. The molecule has 0 fully saturated rings. The molecule has 1 aromatic carbocycles. The molecule has 0 atom stereocenters. The first-order valence-electron chi connectivity index (χ1n) is 8.80. The van der Waals surface area contributed by atoms with Gasteiger partial charge < -0.3 is 20.1 Å². The molecule has 2 heterocycles. The molecule has 152 valence electrons. The second kappa shape index (κ2) is 9.13. The molecule has 2 aromatic rings. The highest BCUT2D eigenvalue weighted by Crippen LogP contribution is 2.31. The summed E-state index contributed by atoms with van der Waals surface area (Å²) in [5, 5.41) is 7.71. The molecule has 0 spiro atoms. The van der Waals surface area contributed by atoms with E-state index in [4.69, 9.17) is 9.47 Å².